The lowest BCUT2D eigenvalue weighted by Crippen LogP contribution is -2.39. The molecule has 2 amide bonds. The van der Waals surface area contributed by atoms with Crippen molar-refractivity contribution >= 4 is 11.8 Å². The average molecular weight is 368 g/mol. The molecule has 0 bridgehead atoms. The minimum Gasteiger partial charge on any atom is -0.497 e. The number of nitrogens with one attached hydrogen (secondary N) is 1. The van der Waals surface area contributed by atoms with Crippen molar-refractivity contribution in [3.63, 3.8) is 0 Å². The van der Waals surface area contributed by atoms with E-state index in [-0.39, 0.29) is 12.1 Å². The summed E-state index contributed by atoms with van der Waals surface area (Å²) in [7, 11) is 1.68. The van der Waals surface area contributed by atoms with E-state index in [9.17, 15) is 4.79 Å². The van der Waals surface area contributed by atoms with Crippen molar-refractivity contribution in [2.75, 3.05) is 19.0 Å². The molecule has 2 heterocycles. The fourth-order valence-electron chi connectivity index (χ4n) is 4.02. The van der Waals surface area contributed by atoms with Crippen LogP contribution in [0.2, 0.25) is 0 Å². The van der Waals surface area contributed by atoms with Gasteiger partial charge in [-0.25, -0.2) is 4.79 Å². The number of anilines is 1. The van der Waals surface area contributed by atoms with E-state index < -0.39 is 0 Å². The number of rotatable bonds is 6. The number of hydrogen-bond acceptors (Lipinski definition) is 3. The maximum absolute atomic E-state index is 12.9. The lowest BCUT2D eigenvalue weighted by Gasteiger charge is -2.24. The molecule has 1 saturated heterocycles. The third kappa shape index (κ3) is 3.94. The number of methoxy groups -OCH3 is 1. The normalized spacial score (nSPS) is 19.3. The van der Waals surface area contributed by atoms with Crippen LogP contribution in [0.25, 0.3) is 0 Å². The van der Waals surface area contributed by atoms with Gasteiger partial charge in [-0.05, 0) is 56.7 Å². The third-order valence-electron chi connectivity index (χ3n) is 5.58. The van der Waals surface area contributed by atoms with Gasteiger partial charge in [0.1, 0.15) is 5.75 Å². The standard InChI is InChI=1S/C21H28N4O2/c1-3-25-19(16-9-10-16)14-20(23-25)22-21(26)24-11-5-7-17(24)12-15-6-4-8-18(13-15)27-2/h4,6,8,13-14,16-17H,3,5,7,9-12H2,1-2H3,(H,22,23,26). The third-order valence-corrected chi connectivity index (χ3v) is 5.58. The lowest BCUT2D eigenvalue weighted by molar-refractivity contribution is 0.206. The highest BCUT2D eigenvalue weighted by Crippen LogP contribution is 2.40. The van der Waals surface area contributed by atoms with E-state index in [1.54, 1.807) is 7.11 Å². The van der Waals surface area contributed by atoms with Crippen LogP contribution in [-0.2, 0) is 13.0 Å². The Hall–Kier alpha value is -2.50. The molecule has 0 radical (unpaired) electrons. The number of hydrogen-bond donors (Lipinski definition) is 1. The first-order chi connectivity index (χ1) is 13.2. The summed E-state index contributed by atoms with van der Waals surface area (Å²) in [5, 5.41) is 7.60. The highest BCUT2D eigenvalue weighted by molar-refractivity contribution is 5.88. The molecule has 1 aromatic heterocycles. The molecule has 1 aromatic carbocycles. The number of carbonyl (C=O) groups is 1. The second-order valence-electron chi connectivity index (χ2n) is 7.52. The van der Waals surface area contributed by atoms with Crippen molar-refractivity contribution in [2.45, 2.75) is 57.5 Å². The van der Waals surface area contributed by atoms with Gasteiger partial charge >= 0.3 is 6.03 Å². The molecule has 1 aliphatic carbocycles. The predicted molar refractivity (Wildman–Crippen MR) is 105 cm³/mol. The highest BCUT2D eigenvalue weighted by atomic mass is 16.5. The molecule has 144 valence electrons. The first-order valence-electron chi connectivity index (χ1n) is 9.96. The Morgan fingerprint density at radius 2 is 2.15 bits per heavy atom. The molecule has 6 heteroatoms. The van der Waals surface area contributed by atoms with Gasteiger partial charge in [-0.2, -0.15) is 5.10 Å². The SMILES string of the molecule is CCn1nc(NC(=O)N2CCCC2Cc2cccc(OC)c2)cc1C1CC1. The van der Waals surface area contributed by atoms with E-state index in [0.29, 0.717) is 11.7 Å². The molecule has 4 rings (SSSR count). The van der Waals surface area contributed by atoms with Crippen LogP contribution in [0.15, 0.2) is 30.3 Å². The summed E-state index contributed by atoms with van der Waals surface area (Å²) in [4.78, 5) is 14.8. The summed E-state index contributed by atoms with van der Waals surface area (Å²) in [6, 6.07) is 10.3. The number of benzene rings is 1. The number of ether oxygens (including phenoxy) is 1. The number of aromatic nitrogens is 2. The Kier molecular flexibility index (Phi) is 5.05. The first-order valence-corrected chi connectivity index (χ1v) is 9.96. The molecule has 0 spiro atoms. The van der Waals surface area contributed by atoms with E-state index in [1.807, 2.05) is 27.8 Å². The molecule has 1 unspecified atom stereocenters. The van der Waals surface area contributed by atoms with Crippen LogP contribution in [0.1, 0.15) is 49.8 Å². The largest absolute Gasteiger partial charge is 0.497 e. The molecule has 6 nitrogen and oxygen atoms in total. The van der Waals surface area contributed by atoms with Gasteiger partial charge in [0.15, 0.2) is 5.82 Å². The molecule has 2 aromatic rings. The molecule has 1 atom stereocenters. The van der Waals surface area contributed by atoms with Crippen molar-refractivity contribution in [3.05, 3.63) is 41.6 Å². The quantitative estimate of drug-likeness (QED) is 0.837. The second-order valence-corrected chi connectivity index (χ2v) is 7.52. The van der Waals surface area contributed by atoms with E-state index in [2.05, 4.69) is 29.5 Å². The number of likely N-dealkylation sites (tertiary alicyclic amines) is 1. The van der Waals surface area contributed by atoms with Gasteiger partial charge in [0, 0.05) is 36.8 Å². The number of aryl methyl sites for hydroxylation is 1. The van der Waals surface area contributed by atoms with Crippen LogP contribution in [-0.4, -0.2) is 40.4 Å². The molecule has 2 fully saturated rings. The fraction of sp³-hybridized carbons (Fsp3) is 0.524. The number of urea groups is 1. The second kappa shape index (κ2) is 7.62. The summed E-state index contributed by atoms with van der Waals surface area (Å²) in [5.41, 5.74) is 2.45. The zero-order valence-corrected chi connectivity index (χ0v) is 16.1. The van der Waals surface area contributed by atoms with Crippen LogP contribution >= 0.6 is 0 Å². The van der Waals surface area contributed by atoms with Crippen LogP contribution in [0, 0.1) is 0 Å². The van der Waals surface area contributed by atoms with Crippen LogP contribution in [0.5, 0.6) is 5.75 Å². The topological polar surface area (TPSA) is 59.4 Å². The Morgan fingerprint density at radius 3 is 2.89 bits per heavy atom. The van der Waals surface area contributed by atoms with Gasteiger partial charge in [-0.3, -0.25) is 10.00 Å². The van der Waals surface area contributed by atoms with Crippen molar-refractivity contribution in [1.29, 1.82) is 0 Å². The van der Waals surface area contributed by atoms with Crippen molar-refractivity contribution < 1.29 is 9.53 Å². The Bertz CT molecular complexity index is 812. The summed E-state index contributed by atoms with van der Waals surface area (Å²) in [6.07, 6.45) is 5.38. The summed E-state index contributed by atoms with van der Waals surface area (Å²) in [5.74, 6) is 2.16. The van der Waals surface area contributed by atoms with Crippen molar-refractivity contribution in [1.82, 2.24) is 14.7 Å². The van der Waals surface area contributed by atoms with E-state index >= 15 is 0 Å². The van der Waals surface area contributed by atoms with Gasteiger partial charge in [-0.1, -0.05) is 12.1 Å². The van der Waals surface area contributed by atoms with E-state index in [1.165, 1.54) is 24.1 Å². The van der Waals surface area contributed by atoms with Crippen LogP contribution in [0.3, 0.4) is 0 Å². The maximum Gasteiger partial charge on any atom is 0.323 e. The molecule has 2 aliphatic rings. The first kappa shape index (κ1) is 17.9. The van der Waals surface area contributed by atoms with E-state index in [4.69, 9.17) is 4.74 Å². The Labute approximate surface area is 160 Å². The maximum atomic E-state index is 12.9. The minimum atomic E-state index is -0.0384. The van der Waals surface area contributed by atoms with Crippen LogP contribution < -0.4 is 10.1 Å². The van der Waals surface area contributed by atoms with Gasteiger partial charge < -0.3 is 9.64 Å². The highest BCUT2D eigenvalue weighted by Gasteiger charge is 2.31. The zero-order valence-electron chi connectivity index (χ0n) is 16.1. The number of carbonyl (C=O) groups excluding carboxylic acids is 1. The summed E-state index contributed by atoms with van der Waals surface area (Å²) >= 11 is 0. The number of amides is 2. The molecular weight excluding hydrogens is 340 g/mol. The summed E-state index contributed by atoms with van der Waals surface area (Å²) < 4.78 is 7.34. The van der Waals surface area contributed by atoms with Gasteiger partial charge in [0.05, 0.1) is 7.11 Å². The number of nitrogens with zero attached hydrogens (tertiary/aromatic N) is 3. The van der Waals surface area contributed by atoms with E-state index in [0.717, 1.165) is 38.1 Å². The van der Waals surface area contributed by atoms with Gasteiger partial charge in [0.25, 0.3) is 0 Å². The monoisotopic (exact) mass is 368 g/mol. The molecule has 1 aliphatic heterocycles. The average Bonchev–Trinajstić information content (AvgIpc) is 3.29. The Balaban J connectivity index is 1.43. The zero-order chi connectivity index (χ0) is 18.8. The van der Waals surface area contributed by atoms with Crippen LogP contribution in [0.4, 0.5) is 10.6 Å². The molecule has 27 heavy (non-hydrogen) atoms. The molecular formula is C21H28N4O2. The fourth-order valence-corrected chi connectivity index (χ4v) is 4.02. The lowest BCUT2D eigenvalue weighted by atomic mass is 10.0. The molecule has 1 saturated carbocycles. The molecule has 1 N–H and O–H groups in total. The predicted octanol–water partition coefficient (Wildman–Crippen LogP) is 4.03. The van der Waals surface area contributed by atoms with Gasteiger partial charge in [0.2, 0.25) is 0 Å². The summed E-state index contributed by atoms with van der Waals surface area (Å²) in [6.45, 7) is 3.73. The minimum absolute atomic E-state index is 0.0384. The van der Waals surface area contributed by atoms with Crippen molar-refractivity contribution in [2.24, 2.45) is 0 Å². The Morgan fingerprint density at radius 1 is 1.30 bits per heavy atom. The smallest absolute Gasteiger partial charge is 0.323 e. The van der Waals surface area contributed by atoms with Crippen molar-refractivity contribution in [3.8, 4) is 5.75 Å². The van der Waals surface area contributed by atoms with Gasteiger partial charge in [-0.15, -0.1) is 0 Å².